The van der Waals surface area contributed by atoms with E-state index in [9.17, 15) is 18.0 Å². The summed E-state index contributed by atoms with van der Waals surface area (Å²) in [5.74, 6) is -1.19. The minimum absolute atomic E-state index is 0.0135. The maximum atomic E-state index is 11.9. The molecule has 1 aliphatic carbocycles. The fourth-order valence-electron chi connectivity index (χ4n) is 1.16. The van der Waals surface area contributed by atoms with Gasteiger partial charge < -0.3 is 9.84 Å². The zero-order valence-corrected chi connectivity index (χ0v) is 8.25. The fraction of sp³-hybridized carbons (Fsp3) is 0.444. The molecule has 1 atom stereocenters. The molecule has 0 bridgehead atoms. The van der Waals surface area contributed by atoms with Crippen molar-refractivity contribution < 1.29 is 32.5 Å². The first-order valence-corrected chi connectivity index (χ1v) is 4.30. The van der Waals surface area contributed by atoms with E-state index in [2.05, 4.69) is 9.47 Å². The number of ether oxygens (including phenoxy) is 2. The van der Waals surface area contributed by atoms with Crippen LogP contribution in [0.2, 0.25) is 0 Å². The summed E-state index contributed by atoms with van der Waals surface area (Å²) < 4.78 is 44.0. The van der Waals surface area contributed by atoms with Gasteiger partial charge in [-0.2, -0.15) is 0 Å². The van der Waals surface area contributed by atoms with Gasteiger partial charge in [-0.3, -0.25) is 9.53 Å². The summed E-state index contributed by atoms with van der Waals surface area (Å²) in [6.07, 6.45) is -4.56. The first-order valence-electron chi connectivity index (χ1n) is 4.30. The highest BCUT2D eigenvalue weighted by Gasteiger charge is 2.36. The number of hydrogen-bond donors (Lipinski definition) is 1. The summed E-state index contributed by atoms with van der Waals surface area (Å²) in [6.45, 7) is 1.12. The molecule has 1 rings (SSSR count). The van der Waals surface area contributed by atoms with Crippen molar-refractivity contribution in [3.8, 4) is 0 Å². The van der Waals surface area contributed by atoms with E-state index in [4.69, 9.17) is 5.11 Å². The summed E-state index contributed by atoms with van der Waals surface area (Å²) in [4.78, 5) is 10.6. The molecule has 0 aromatic heterocycles. The van der Waals surface area contributed by atoms with Gasteiger partial charge in [-0.15, -0.1) is 13.2 Å². The molecule has 0 aliphatic heterocycles. The normalized spacial score (nSPS) is 21.1. The molecule has 0 saturated carbocycles. The Morgan fingerprint density at radius 3 is 2.62 bits per heavy atom. The van der Waals surface area contributed by atoms with Crippen molar-refractivity contribution in [1.29, 1.82) is 0 Å². The Kier molecular flexibility index (Phi) is 3.58. The third-order valence-corrected chi connectivity index (χ3v) is 1.71. The highest BCUT2D eigenvalue weighted by atomic mass is 19.4. The third kappa shape index (κ3) is 3.93. The quantitative estimate of drug-likeness (QED) is 0.749. The molecule has 1 aliphatic rings. The number of allylic oxidation sites excluding steroid dienone is 2. The third-order valence-electron chi connectivity index (χ3n) is 1.71. The minimum Gasteiger partial charge on any atom is -0.510 e. The van der Waals surface area contributed by atoms with Gasteiger partial charge in [0.05, 0.1) is 0 Å². The second-order valence-electron chi connectivity index (χ2n) is 3.07. The molecule has 0 amide bonds. The van der Waals surface area contributed by atoms with Crippen molar-refractivity contribution in [3.63, 3.8) is 0 Å². The van der Waals surface area contributed by atoms with Crippen molar-refractivity contribution in [2.75, 3.05) is 0 Å². The van der Waals surface area contributed by atoms with Crippen molar-refractivity contribution >= 4 is 5.97 Å². The molecule has 0 fully saturated rings. The van der Waals surface area contributed by atoms with Crippen LogP contribution < -0.4 is 0 Å². The number of halogens is 3. The van der Waals surface area contributed by atoms with Gasteiger partial charge in [0.15, 0.2) is 0 Å². The van der Waals surface area contributed by atoms with Crippen LogP contribution in [-0.4, -0.2) is 23.5 Å². The number of carbonyl (C=O) groups excluding carboxylic acids is 1. The van der Waals surface area contributed by atoms with Crippen molar-refractivity contribution in [2.45, 2.75) is 25.8 Å². The Morgan fingerprint density at radius 1 is 1.50 bits per heavy atom. The monoisotopic (exact) mass is 238 g/mol. The fourth-order valence-corrected chi connectivity index (χ4v) is 1.16. The molecule has 1 unspecified atom stereocenters. The zero-order chi connectivity index (χ0) is 12.3. The summed E-state index contributed by atoms with van der Waals surface area (Å²) in [6, 6.07) is 0. The average molecular weight is 238 g/mol. The number of alkyl halides is 3. The van der Waals surface area contributed by atoms with Crippen molar-refractivity contribution in [2.24, 2.45) is 0 Å². The summed E-state index contributed by atoms with van der Waals surface area (Å²) in [5.41, 5.74) is 0. The van der Waals surface area contributed by atoms with Crippen LogP contribution in [0, 0.1) is 0 Å². The summed E-state index contributed by atoms with van der Waals surface area (Å²) in [5, 5.41) is 9.14. The van der Waals surface area contributed by atoms with Gasteiger partial charge in [0, 0.05) is 13.3 Å². The molecular weight excluding hydrogens is 229 g/mol. The van der Waals surface area contributed by atoms with Crippen LogP contribution >= 0.6 is 0 Å². The molecule has 0 radical (unpaired) electrons. The largest absolute Gasteiger partial charge is 0.523 e. The predicted octanol–water partition coefficient (Wildman–Crippen LogP) is 2.18. The lowest BCUT2D eigenvalue weighted by molar-refractivity contribution is -0.340. The highest BCUT2D eigenvalue weighted by molar-refractivity contribution is 5.67. The molecule has 4 nitrogen and oxygen atoms in total. The predicted molar refractivity (Wildman–Crippen MR) is 46.1 cm³/mol. The Labute approximate surface area is 89.0 Å². The Hall–Kier alpha value is -1.50. The molecule has 7 heteroatoms. The van der Waals surface area contributed by atoms with Crippen LogP contribution in [0.1, 0.15) is 13.3 Å². The Morgan fingerprint density at radius 2 is 2.12 bits per heavy atom. The molecule has 0 aromatic carbocycles. The minimum atomic E-state index is -4.86. The lowest BCUT2D eigenvalue weighted by atomic mass is 10.1. The number of rotatable bonds is 2. The Bertz CT molecular complexity index is 343. The lowest BCUT2D eigenvalue weighted by Crippen LogP contribution is -2.28. The van der Waals surface area contributed by atoms with Gasteiger partial charge in [0.2, 0.25) is 0 Å². The number of aliphatic hydroxyl groups excluding tert-OH is 1. The van der Waals surface area contributed by atoms with E-state index < -0.39 is 24.2 Å². The van der Waals surface area contributed by atoms with E-state index in [1.54, 1.807) is 0 Å². The van der Waals surface area contributed by atoms with Crippen molar-refractivity contribution in [1.82, 2.24) is 0 Å². The molecule has 0 aromatic rings. The highest BCUT2D eigenvalue weighted by Crippen LogP contribution is 2.28. The molecule has 16 heavy (non-hydrogen) atoms. The number of aliphatic hydroxyl groups is 1. The van der Waals surface area contributed by atoms with E-state index >= 15 is 0 Å². The summed E-state index contributed by atoms with van der Waals surface area (Å²) >= 11 is 0. The van der Waals surface area contributed by atoms with Crippen LogP contribution in [0.25, 0.3) is 0 Å². The van der Waals surface area contributed by atoms with E-state index in [1.165, 1.54) is 6.08 Å². The maximum Gasteiger partial charge on any atom is 0.523 e. The van der Waals surface area contributed by atoms with Crippen LogP contribution in [0.5, 0.6) is 0 Å². The second-order valence-corrected chi connectivity index (χ2v) is 3.07. The van der Waals surface area contributed by atoms with Crippen LogP contribution in [0.15, 0.2) is 23.7 Å². The topological polar surface area (TPSA) is 55.8 Å². The summed E-state index contributed by atoms with van der Waals surface area (Å²) in [7, 11) is 0. The molecule has 0 heterocycles. The smallest absolute Gasteiger partial charge is 0.510 e. The van der Waals surface area contributed by atoms with Gasteiger partial charge in [0.25, 0.3) is 0 Å². The molecular formula is C9H9F3O4. The number of esters is 1. The van der Waals surface area contributed by atoms with Gasteiger partial charge >= 0.3 is 12.3 Å². The lowest BCUT2D eigenvalue weighted by Gasteiger charge is -2.22. The zero-order valence-electron chi connectivity index (χ0n) is 8.25. The molecule has 0 spiro atoms. The van der Waals surface area contributed by atoms with E-state index in [0.29, 0.717) is 0 Å². The van der Waals surface area contributed by atoms with Gasteiger partial charge in [-0.05, 0) is 12.2 Å². The van der Waals surface area contributed by atoms with E-state index in [0.717, 1.165) is 13.0 Å². The van der Waals surface area contributed by atoms with Crippen LogP contribution in [-0.2, 0) is 14.3 Å². The SMILES string of the molecule is CC(=O)OC1=CC=C(O)C(OC(F)(F)F)C1. The van der Waals surface area contributed by atoms with Crippen LogP contribution in [0.3, 0.4) is 0 Å². The molecule has 0 saturated heterocycles. The van der Waals surface area contributed by atoms with E-state index in [-0.39, 0.29) is 12.2 Å². The number of carbonyl (C=O) groups is 1. The number of hydrogen-bond acceptors (Lipinski definition) is 4. The van der Waals surface area contributed by atoms with Crippen LogP contribution in [0.4, 0.5) is 13.2 Å². The molecule has 90 valence electrons. The maximum absolute atomic E-state index is 11.9. The average Bonchev–Trinajstić information content (AvgIpc) is 2.07. The van der Waals surface area contributed by atoms with Gasteiger partial charge in [-0.25, -0.2) is 0 Å². The van der Waals surface area contributed by atoms with Crippen molar-refractivity contribution in [3.05, 3.63) is 23.7 Å². The Balaban J connectivity index is 2.68. The first-order chi connectivity index (χ1) is 7.28. The van der Waals surface area contributed by atoms with E-state index in [1.807, 2.05) is 0 Å². The van der Waals surface area contributed by atoms with Gasteiger partial charge in [0.1, 0.15) is 17.6 Å². The molecule has 1 N–H and O–H groups in total. The first kappa shape index (κ1) is 12.6. The second kappa shape index (κ2) is 4.56. The van der Waals surface area contributed by atoms with Gasteiger partial charge in [-0.1, -0.05) is 0 Å². The standard InChI is InChI=1S/C9H9F3O4/c1-5(13)15-6-2-3-7(14)8(4-6)16-9(10,11)12/h2-3,8,14H,4H2,1H3.